The number of carbonyl (C=O) groups excluding carboxylic acids is 1. The molecule has 94 valence electrons. The minimum atomic E-state index is -0.995. The van der Waals surface area contributed by atoms with Crippen molar-refractivity contribution in [2.75, 3.05) is 6.54 Å². The monoisotopic (exact) mass is 229 g/mol. The van der Waals surface area contributed by atoms with Crippen molar-refractivity contribution in [3.8, 4) is 0 Å². The molecule has 0 radical (unpaired) electrons. The van der Waals surface area contributed by atoms with Crippen molar-refractivity contribution in [3.63, 3.8) is 0 Å². The SMILES string of the molecule is CC(C)C(C)CNC(=O)CC(C)(C)C(=O)O. The van der Waals surface area contributed by atoms with Gasteiger partial charge in [0.1, 0.15) is 0 Å². The van der Waals surface area contributed by atoms with Crippen LogP contribution < -0.4 is 5.32 Å². The van der Waals surface area contributed by atoms with E-state index in [1.165, 1.54) is 0 Å². The lowest BCUT2D eigenvalue weighted by Crippen LogP contribution is -2.36. The molecule has 0 rings (SSSR count). The highest BCUT2D eigenvalue weighted by molar-refractivity contribution is 5.84. The molecular formula is C12H23NO3. The van der Waals surface area contributed by atoms with Crippen molar-refractivity contribution in [1.29, 1.82) is 0 Å². The molecule has 0 saturated carbocycles. The van der Waals surface area contributed by atoms with Gasteiger partial charge in [-0.3, -0.25) is 9.59 Å². The predicted octanol–water partition coefficient (Wildman–Crippen LogP) is 1.90. The molecule has 0 heterocycles. The first-order valence-corrected chi connectivity index (χ1v) is 5.67. The zero-order valence-electron chi connectivity index (χ0n) is 10.8. The van der Waals surface area contributed by atoms with E-state index in [1.807, 2.05) is 0 Å². The van der Waals surface area contributed by atoms with E-state index in [-0.39, 0.29) is 12.3 Å². The summed E-state index contributed by atoms with van der Waals surface area (Å²) in [6, 6.07) is 0. The second-order valence-corrected chi connectivity index (χ2v) is 5.39. The van der Waals surface area contributed by atoms with Gasteiger partial charge in [0, 0.05) is 13.0 Å². The molecule has 4 nitrogen and oxygen atoms in total. The maximum Gasteiger partial charge on any atom is 0.309 e. The molecule has 0 aliphatic heterocycles. The third-order valence-electron chi connectivity index (χ3n) is 2.94. The first kappa shape index (κ1) is 14.9. The highest BCUT2D eigenvalue weighted by atomic mass is 16.4. The largest absolute Gasteiger partial charge is 0.481 e. The average Bonchev–Trinajstić information content (AvgIpc) is 2.12. The lowest BCUT2D eigenvalue weighted by molar-refractivity contribution is -0.149. The van der Waals surface area contributed by atoms with E-state index in [9.17, 15) is 9.59 Å². The van der Waals surface area contributed by atoms with E-state index in [1.54, 1.807) is 13.8 Å². The van der Waals surface area contributed by atoms with Gasteiger partial charge in [-0.25, -0.2) is 0 Å². The number of aliphatic carboxylic acids is 1. The smallest absolute Gasteiger partial charge is 0.309 e. The van der Waals surface area contributed by atoms with Crippen LogP contribution in [0.2, 0.25) is 0 Å². The molecule has 0 aliphatic carbocycles. The summed E-state index contributed by atoms with van der Waals surface area (Å²) < 4.78 is 0. The number of nitrogens with one attached hydrogen (secondary N) is 1. The summed E-state index contributed by atoms with van der Waals surface area (Å²) in [6.07, 6.45) is 0.0210. The summed E-state index contributed by atoms with van der Waals surface area (Å²) in [5, 5.41) is 11.6. The lowest BCUT2D eigenvalue weighted by atomic mass is 9.89. The van der Waals surface area contributed by atoms with Crippen molar-refractivity contribution in [3.05, 3.63) is 0 Å². The van der Waals surface area contributed by atoms with Gasteiger partial charge < -0.3 is 10.4 Å². The van der Waals surface area contributed by atoms with Gasteiger partial charge in [-0.2, -0.15) is 0 Å². The number of amides is 1. The summed E-state index contributed by atoms with van der Waals surface area (Å²) in [7, 11) is 0. The van der Waals surface area contributed by atoms with E-state index in [0.717, 1.165) is 0 Å². The third-order valence-corrected chi connectivity index (χ3v) is 2.94. The van der Waals surface area contributed by atoms with Crippen LogP contribution >= 0.6 is 0 Å². The zero-order valence-corrected chi connectivity index (χ0v) is 10.8. The summed E-state index contributed by atoms with van der Waals surface area (Å²) in [4.78, 5) is 22.3. The molecular weight excluding hydrogens is 206 g/mol. The molecule has 1 amide bonds. The van der Waals surface area contributed by atoms with Crippen LogP contribution in [-0.2, 0) is 9.59 Å². The van der Waals surface area contributed by atoms with Crippen LogP contribution in [0.25, 0.3) is 0 Å². The Kier molecular flexibility index (Phi) is 5.48. The van der Waals surface area contributed by atoms with Gasteiger partial charge in [0.15, 0.2) is 0 Å². The van der Waals surface area contributed by atoms with Crippen LogP contribution in [0.4, 0.5) is 0 Å². The molecule has 0 bridgehead atoms. The van der Waals surface area contributed by atoms with Gasteiger partial charge in [-0.1, -0.05) is 20.8 Å². The van der Waals surface area contributed by atoms with Gasteiger partial charge in [0.05, 0.1) is 5.41 Å². The van der Waals surface area contributed by atoms with Gasteiger partial charge in [0.2, 0.25) is 5.91 Å². The fraction of sp³-hybridized carbons (Fsp3) is 0.833. The normalized spacial score (nSPS) is 13.6. The number of hydrogen-bond donors (Lipinski definition) is 2. The molecule has 0 aromatic carbocycles. The molecule has 0 aromatic heterocycles. The van der Waals surface area contributed by atoms with Crippen LogP contribution in [-0.4, -0.2) is 23.5 Å². The lowest BCUT2D eigenvalue weighted by Gasteiger charge is -2.20. The standard InChI is InChI=1S/C12H23NO3/c1-8(2)9(3)7-13-10(14)6-12(4,5)11(15)16/h8-9H,6-7H2,1-5H3,(H,13,14)(H,15,16). The summed E-state index contributed by atoms with van der Waals surface area (Å²) >= 11 is 0. The predicted molar refractivity (Wildman–Crippen MR) is 63.0 cm³/mol. The molecule has 0 fully saturated rings. The van der Waals surface area contributed by atoms with Crippen LogP contribution in [0, 0.1) is 17.3 Å². The minimum absolute atomic E-state index is 0.0210. The van der Waals surface area contributed by atoms with Gasteiger partial charge in [0.25, 0.3) is 0 Å². The Balaban J connectivity index is 4.06. The Hall–Kier alpha value is -1.06. The van der Waals surface area contributed by atoms with Gasteiger partial charge >= 0.3 is 5.97 Å². The van der Waals surface area contributed by atoms with E-state index in [4.69, 9.17) is 5.11 Å². The summed E-state index contributed by atoms with van der Waals surface area (Å²) in [6.45, 7) is 9.97. The third kappa shape index (κ3) is 5.14. The molecule has 0 spiro atoms. The quantitative estimate of drug-likeness (QED) is 0.731. The molecule has 1 unspecified atom stereocenters. The molecule has 0 aromatic rings. The van der Waals surface area contributed by atoms with Crippen LogP contribution in [0.1, 0.15) is 41.0 Å². The van der Waals surface area contributed by atoms with Crippen LogP contribution in [0.5, 0.6) is 0 Å². The Morgan fingerprint density at radius 3 is 2.12 bits per heavy atom. The highest BCUT2D eigenvalue weighted by Crippen LogP contribution is 2.20. The Labute approximate surface area is 97.4 Å². The van der Waals surface area contributed by atoms with E-state index >= 15 is 0 Å². The molecule has 16 heavy (non-hydrogen) atoms. The first-order chi connectivity index (χ1) is 7.16. The summed E-state index contributed by atoms with van der Waals surface area (Å²) in [5.41, 5.74) is -0.995. The fourth-order valence-corrected chi connectivity index (χ4v) is 1.05. The van der Waals surface area contributed by atoms with Gasteiger partial charge in [-0.15, -0.1) is 0 Å². The fourth-order valence-electron chi connectivity index (χ4n) is 1.05. The second-order valence-electron chi connectivity index (χ2n) is 5.39. The van der Waals surface area contributed by atoms with Gasteiger partial charge in [-0.05, 0) is 25.7 Å². The second kappa shape index (κ2) is 5.87. The number of hydrogen-bond acceptors (Lipinski definition) is 2. The minimum Gasteiger partial charge on any atom is -0.481 e. The van der Waals surface area contributed by atoms with Crippen molar-refractivity contribution < 1.29 is 14.7 Å². The molecule has 2 N–H and O–H groups in total. The number of carbonyl (C=O) groups is 2. The van der Waals surface area contributed by atoms with Crippen LogP contribution in [0.15, 0.2) is 0 Å². The Bertz CT molecular complexity index is 259. The number of rotatable bonds is 6. The van der Waals surface area contributed by atoms with E-state index < -0.39 is 11.4 Å². The zero-order chi connectivity index (χ0) is 12.9. The Morgan fingerprint density at radius 2 is 1.75 bits per heavy atom. The van der Waals surface area contributed by atoms with Crippen molar-refractivity contribution in [1.82, 2.24) is 5.32 Å². The van der Waals surface area contributed by atoms with Crippen LogP contribution in [0.3, 0.4) is 0 Å². The maximum atomic E-state index is 11.5. The average molecular weight is 229 g/mol. The number of carboxylic acid groups (broad SMARTS) is 1. The van der Waals surface area contributed by atoms with Crippen molar-refractivity contribution in [2.45, 2.75) is 41.0 Å². The number of carboxylic acids is 1. The van der Waals surface area contributed by atoms with E-state index in [0.29, 0.717) is 18.4 Å². The molecule has 0 aliphatic rings. The van der Waals surface area contributed by atoms with Crippen molar-refractivity contribution in [2.24, 2.45) is 17.3 Å². The maximum absolute atomic E-state index is 11.5. The first-order valence-electron chi connectivity index (χ1n) is 5.67. The summed E-state index contributed by atoms with van der Waals surface area (Å²) in [5.74, 6) is -0.232. The molecule has 0 saturated heterocycles. The van der Waals surface area contributed by atoms with E-state index in [2.05, 4.69) is 26.1 Å². The molecule has 1 atom stereocenters. The topological polar surface area (TPSA) is 66.4 Å². The molecule has 4 heteroatoms. The Morgan fingerprint density at radius 1 is 1.25 bits per heavy atom. The van der Waals surface area contributed by atoms with Crippen molar-refractivity contribution >= 4 is 11.9 Å². The highest BCUT2D eigenvalue weighted by Gasteiger charge is 2.30.